The van der Waals surface area contributed by atoms with E-state index in [2.05, 4.69) is 66.7 Å². The molecule has 5 rings (SSSR count). The number of carbonyl (C=O) groups excluding carboxylic acids is 2. The second-order valence-corrected chi connectivity index (χ2v) is 12.0. The monoisotopic (exact) mass is 406 g/mol. The second kappa shape index (κ2) is 6.40. The lowest BCUT2D eigenvalue weighted by Crippen LogP contribution is -2.34. The predicted molar refractivity (Wildman–Crippen MR) is 123 cm³/mol. The van der Waals surface area contributed by atoms with Crippen LogP contribution in [0.5, 0.6) is 0 Å². The zero-order valence-electron chi connectivity index (χ0n) is 19.9. The first-order valence-corrected chi connectivity index (χ1v) is 11.7. The third-order valence-corrected chi connectivity index (χ3v) is 10.8. The first-order chi connectivity index (χ1) is 13.8. The third-order valence-electron chi connectivity index (χ3n) is 10.8. The van der Waals surface area contributed by atoms with E-state index in [1.807, 2.05) is 18.2 Å². The zero-order valence-corrected chi connectivity index (χ0v) is 19.9. The summed E-state index contributed by atoms with van der Waals surface area (Å²) in [5.41, 5.74) is 2.38. The summed E-state index contributed by atoms with van der Waals surface area (Å²) in [5, 5.41) is 0. The molecule has 0 N–H and O–H groups in total. The summed E-state index contributed by atoms with van der Waals surface area (Å²) >= 11 is 0. The Balaban J connectivity index is 0.000000168. The average molecular weight is 407 g/mol. The van der Waals surface area contributed by atoms with Crippen LogP contribution in [0.15, 0.2) is 35.9 Å². The molecule has 0 aliphatic heterocycles. The van der Waals surface area contributed by atoms with Gasteiger partial charge in [0.2, 0.25) is 0 Å². The summed E-state index contributed by atoms with van der Waals surface area (Å²) in [6, 6.07) is 10.2. The van der Waals surface area contributed by atoms with Crippen molar-refractivity contribution in [1.29, 1.82) is 0 Å². The first kappa shape index (κ1) is 21.5. The molecule has 4 saturated carbocycles. The van der Waals surface area contributed by atoms with Crippen LogP contribution in [-0.4, -0.2) is 11.6 Å². The molecule has 4 atom stereocenters. The van der Waals surface area contributed by atoms with E-state index in [0.717, 1.165) is 36.8 Å². The van der Waals surface area contributed by atoms with Crippen molar-refractivity contribution >= 4 is 17.6 Å². The van der Waals surface area contributed by atoms with E-state index in [1.54, 1.807) is 0 Å². The summed E-state index contributed by atoms with van der Waals surface area (Å²) in [4.78, 5) is 24.4. The van der Waals surface area contributed by atoms with Crippen molar-refractivity contribution in [3.63, 3.8) is 0 Å². The van der Waals surface area contributed by atoms with Gasteiger partial charge in [0.25, 0.3) is 0 Å². The lowest BCUT2D eigenvalue weighted by molar-refractivity contribution is -0.128. The van der Waals surface area contributed by atoms with Crippen LogP contribution in [-0.2, 0) is 9.59 Å². The fraction of sp³-hybridized carbons (Fsp3) is 0.643. The van der Waals surface area contributed by atoms with Crippen LogP contribution < -0.4 is 0 Å². The van der Waals surface area contributed by atoms with Gasteiger partial charge in [0.15, 0.2) is 5.78 Å². The second-order valence-electron chi connectivity index (χ2n) is 12.0. The molecule has 0 spiro atoms. The molecule has 162 valence electrons. The van der Waals surface area contributed by atoms with E-state index >= 15 is 0 Å². The normalized spacial score (nSPS) is 41.3. The van der Waals surface area contributed by atoms with Gasteiger partial charge < -0.3 is 0 Å². The van der Waals surface area contributed by atoms with Crippen LogP contribution in [0.25, 0.3) is 6.08 Å². The Morgan fingerprint density at radius 3 is 1.80 bits per heavy atom. The molecule has 0 saturated heterocycles. The van der Waals surface area contributed by atoms with Crippen molar-refractivity contribution in [3.05, 3.63) is 41.5 Å². The Bertz CT molecular complexity index is 921. The third kappa shape index (κ3) is 2.49. The quantitative estimate of drug-likeness (QED) is 0.476. The topological polar surface area (TPSA) is 34.1 Å². The highest BCUT2D eigenvalue weighted by molar-refractivity contribution is 6.09. The van der Waals surface area contributed by atoms with Crippen LogP contribution in [0, 0.1) is 33.0 Å². The maximum Gasteiger partial charge on any atom is 0.165 e. The molecule has 4 bridgehead atoms. The Morgan fingerprint density at radius 2 is 1.40 bits per heavy atom. The van der Waals surface area contributed by atoms with Gasteiger partial charge >= 0.3 is 0 Å². The van der Waals surface area contributed by atoms with E-state index in [1.165, 1.54) is 6.42 Å². The summed E-state index contributed by atoms with van der Waals surface area (Å²) in [6.45, 7) is 15.6. The van der Waals surface area contributed by atoms with Gasteiger partial charge in [-0.25, -0.2) is 0 Å². The molecular weight excluding hydrogens is 368 g/mol. The van der Waals surface area contributed by atoms with Crippen molar-refractivity contribution in [1.82, 2.24) is 0 Å². The summed E-state index contributed by atoms with van der Waals surface area (Å²) in [6.07, 6.45) is 7.53. The summed E-state index contributed by atoms with van der Waals surface area (Å²) in [5.74, 6) is 1.56. The van der Waals surface area contributed by atoms with Gasteiger partial charge in [0.1, 0.15) is 5.78 Å². The van der Waals surface area contributed by atoms with Crippen LogP contribution in [0.4, 0.5) is 0 Å². The number of fused-ring (bicyclic) bond motifs is 4. The molecule has 2 nitrogen and oxygen atoms in total. The van der Waals surface area contributed by atoms with Crippen LogP contribution >= 0.6 is 0 Å². The fourth-order valence-corrected chi connectivity index (χ4v) is 6.99. The van der Waals surface area contributed by atoms with Gasteiger partial charge in [-0.1, -0.05) is 78.8 Å². The molecule has 4 aliphatic carbocycles. The molecule has 0 radical (unpaired) electrons. The van der Waals surface area contributed by atoms with Crippen molar-refractivity contribution in [2.24, 2.45) is 33.0 Å². The molecule has 4 fully saturated rings. The van der Waals surface area contributed by atoms with Crippen LogP contribution in [0.3, 0.4) is 0 Å². The van der Waals surface area contributed by atoms with Crippen molar-refractivity contribution in [3.8, 4) is 0 Å². The smallest absolute Gasteiger partial charge is 0.165 e. The Morgan fingerprint density at radius 1 is 0.800 bits per heavy atom. The van der Waals surface area contributed by atoms with Crippen LogP contribution in [0.1, 0.15) is 86.1 Å². The van der Waals surface area contributed by atoms with Crippen molar-refractivity contribution < 1.29 is 9.59 Å². The Labute approximate surface area is 182 Å². The van der Waals surface area contributed by atoms with Gasteiger partial charge in [-0.05, 0) is 54.1 Å². The highest BCUT2D eigenvalue weighted by Crippen LogP contribution is 2.72. The molecule has 4 unspecified atom stereocenters. The Kier molecular flexibility index (Phi) is 4.60. The number of allylic oxidation sites excluding steroid dienone is 1. The van der Waals surface area contributed by atoms with Gasteiger partial charge in [-0.3, -0.25) is 9.59 Å². The largest absolute Gasteiger partial charge is 0.299 e. The number of carbonyl (C=O) groups is 2. The first-order valence-electron chi connectivity index (χ1n) is 11.7. The average Bonchev–Trinajstić information content (AvgIpc) is 3.14. The SMILES string of the molecule is CC12CCC(C)(C(=Cc3ccccc3)C1=O)C2(C)C.CC12CCC(CC1=O)C2(C)C. The summed E-state index contributed by atoms with van der Waals surface area (Å²) in [7, 11) is 0. The molecule has 0 amide bonds. The highest BCUT2D eigenvalue weighted by atomic mass is 16.1. The number of benzene rings is 1. The van der Waals surface area contributed by atoms with Crippen molar-refractivity contribution in [2.45, 2.75) is 80.6 Å². The Hall–Kier alpha value is -1.70. The molecule has 1 aromatic carbocycles. The lowest BCUT2D eigenvalue weighted by atomic mass is 9.65. The van der Waals surface area contributed by atoms with Gasteiger partial charge in [0.05, 0.1) is 0 Å². The van der Waals surface area contributed by atoms with E-state index in [0.29, 0.717) is 17.5 Å². The number of hydrogen-bond donors (Lipinski definition) is 0. The van der Waals surface area contributed by atoms with Gasteiger partial charge in [0, 0.05) is 28.2 Å². The molecule has 2 heteroatoms. The standard InChI is InChI=1S/C18H22O.C10H16O/c1-16(2)17(3)10-11-18(16,4)15(19)14(17)12-13-8-6-5-7-9-13;1-9(2)7-4-5-10(9,3)8(11)6-7/h5-9,12H,10-11H2,1-4H3;7H,4-6H2,1-3H3. The molecule has 0 heterocycles. The maximum absolute atomic E-state index is 12.8. The minimum atomic E-state index is -0.178. The highest BCUT2D eigenvalue weighted by Gasteiger charge is 2.70. The zero-order chi connectivity index (χ0) is 22.2. The summed E-state index contributed by atoms with van der Waals surface area (Å²) < 4.78 is 0. The van der Waals surface area contributed by atoms with E-state index in [4.69, 9.17) is 0 Å². The van der Waals surface area contributed by atoms with Gasteiger partial charge in [-0.2, -0.15) is 0 Å². The molecular formula is C28H38O2. The minimum absolute atomic E-state index is 0.0225. The van der Waals surface area contributed by atoms with Gasteiger partial charge in [-0.15, -0.1) is 0 Å². The molecule has 1 aromatic rings. The molecule has 0 aromatic heterocycles. The van der Waals surface area contributed by atoms with E-state index in [9.17, 15) is 9.59 Å². The lowest BCUT2D eigenvalue weighted by Gasteiger charge is -2.37. The van der Waals surface area contributed by atoms with Crippen molar-refractivity contribution in [2.75, 3.05) is 0 Å². The number of rotatable bonds is 1. The molecule has 4 aliphatic rings. The minimum Gasteiger partial charge on any atom is -0.299 e. The predicted octanol–water partition coefficient (Wildman–Crippen LogP) is 6.89. The van der Waals surface area contributed by atoms with E-state index < -0.39 is 0 Å². The van der Waals surface area contributed by atoms with E-state index in [-0.39, 0.29) is 27.1 Å². The van der Waals surface area contributed by atoms with Crippen LogP contribution in [0.2, 0.25) is 0 Å². The fourth-order valence-electron chi connectivity index (χ4n) is 6.99. The number of Topliss-reactive ketones (excluding diaryl/α,β-unsaturated/α-hetero) is 2. The number of hydrogen-bond acceptors (Lipinski definition) is 2. The molecule has 30 heavy (non-hydrogen) atoms. The number of ketones is 2. The maximum atomic E-state index is 12.8.